The topological polar surface area (TPSA) is 41.7 Å². The molecule has 2 unspecified atom stereocenters. The van der Waals surface area contributed by atoms with E-state index < -0.39 is 12.0 Å². The van der Waals surface area contributed by atoms with E-state index in [1.807, 2.05) is 0 Å². The van der Waals surface area contributed by atoms with Crippen LogP contribution in [-0.2, 0) is 4.79 Å². The number of fused-ring (bicyclic) bond motifs is 1. The van der Waals surface area contributed by atoms with Crippen molar-refractivity contribution in [1.82, 2.24) is 0 Å². The number of carboxylic acid groups (broad SMARTS) is 1. The summed E-state index contributed by atoms with van der Waals surface area (Å²) in [4.78, 5) is 14.5. The number of carbonyl (C=O) groups is 1. The summed E-state index contributed by atoms with van der Waals surface area (Å²) in [5, 5.41) is 9.17. The van der Waals surface area contributed by atoms with Gasteiger partial charge in [0.15, 0.2) is 0 Å². The van der Waals surface area contributed by atoms with Crippen molar-refractivity contribution >= 4 is 5.97 Å². The average molecular weight is 219 g/mol. The molecule has 0 saturated heterocycles. The smallest absolute Gasteiger partial charge is 0.388 e. The van der Waals surface area contributed by atoms with Gasteiger partial charge in [0.05, 0.1) is 5.41 Å². The van der Waals surface area contributed by atoms with E-state index in [2.05, 4.69) is 11.4 Å². The lowest BCUT2D eigenvalue weighted by Gasteiger charge is -2.29. The standard InChI is InChI=1S/C13H17NO2/c1-3-6-13(11(14-2)12(15)16)7-9-4-5-10(9)8-13/h3,9-11H,1,4-8H2,(H,15,16)/t9-,10+,11?,13?. The fourth-order valence-electron chi connectivity index (χ4n) is 3.55. The lowest BCUT2D eigenvalue weighted by molar-refractivity contribution is -0.140. The van der Waals surface area contributed by atoms with Gasteiger partial charge < -0.3 is 9.95 Å². The first-order chi connectivity index (χ1) is 7.63. The molecule has 1 N–H and O–H groups in total. The van der Waals surface area contributed by atoms with Crippen LogP contribution in [-0.4, -0.2) is 17.1 Å². The van der Waals surface area contributed by atoms with E-state index in [-0.39, 0.29) is 5.41 Å². The third-order valence-electron chi connectivity index (χ3n) is 4.41. The number of nitrogens with zero attached hydrogens (tertiary/aromatic N) is 1. The number of hydrogen-bond donors (Lipinski definition) is 1. The molecule has 0 aromatic carbocycles. The molecular formula is C13H17NO2. The Morgan fingerprint density at radius 1 is 1.56 bits per heavy atom. The second-order valence-corrected chi connectivity index (χ2v) is 5.23. The molecule has 3 nitrogen and oxygen atoms in total. The molecule has 4 atom stereocenters. The molecule has 3 heteroatoms. The van der Waals surface area contributed by atoms with Gasteiger partial charge in [-0.25, -0.2) is 11.4 Å². The van der Waals surface area contributed by atoms with Crippen LogP contribution in [0.25, 0.3) is 4.85 Å². The van der Waals surface area contributed by atoms with Crippen molar-refractivity contribution in [2.24, 2.45) is 17.3 Å². The summed E-state index contributed by atoms with van der Waals surface area (Å²) in [6.45, 7) is 10.8. The predicted molar refractivity (Wildman–Crippen MR) is 60.7 cm³/mol. The highest BCUT2D eigenvalue weighted by Gasteiger charge is 2.57. The summed E-state index contributed by atoms with van der Waals surface area (Å²) in [6, 6.07) is -0.879. The molecule has 2 saturated carbocycles. The van der Waals surface area contributed by atoms with Crippen LogP contribution in [0.2, 0.25) is 0 Å². The van der Waals surface area contributed by atoms with Crippen LogP contribution < -0.4 is 0 Å². The monoisotopic (exact) mass is 219 g/mol. The minimum absolute atomic E-state index is 0.332. The molecule has 0 heterocycles. The Bertz CT molecular complexity index is 343. The molecule has 0 bridgehead atoms. The molecule has 86 valence electrons. The number of allylic oxidation sites excluding steroid dienone is 1. The van der Waals surface area contributed by atoms with E-state index >= 15 is 0 Å². The highest BCUT2D eigenvalue weighted by molar-refractivity contribution is 5.77. The highest BCUT2D eigenvalue weighted by atomic mass is 16.4. The minimum atomic E-state index is -0.960. The second-order valence-electron chi connectivity index (χ2n) is 5.23. The van der Waals surface area contributed by atoms with Crippen LogP contribution in [0.15, 0.2) is 12.7 Å². The van der Waals surface area contributed by atoms with E-state index in [1.165, 1.54) is 12.8 Å². The molecule has 2 aliphatic rings. The lowest BCUT2D eigenvalue weighted by Crippen LogP contribution is -2.36. The Morgan fingerprint density at radius 3 is 2.44 bits per heavy atom. The number of carboxylic acids is 1. The Labute approximate surface area is 96.0 Å². The first kappa shape index (κ1) is 11.2. The van der Waals surface area contributed by atoms with Gasteiger partial charge in [0.25, 0.3) is 0 Å². The van der Waals surface area contributed by atoms with Gasteiger partial charge in [-0.2, -0.15) is 0 Å². The quantitative estimate of drug-likeness (QED) is 0.583. The van der Waals surface area contributed by atoms with Crippen molar-refractivity contribution in [1.29, 1.82) is 0 Å². The van der Waals surface area contributed by atoms with Crippen molar-refractivity contribution in [2.75, 3.05) is 0 Å². The zero-order valence-electron chi connectivity index (χ0n) is 9.35. The molecule has 16 heavy (non-hydrogen) atoms. The first-order valence-electron chi connectivity index (χ1n) is 5.83. The van der Waals surface area contributed by atoms with Gasteiger partial charge in [0.2, 0.25) is 0 Å². The zero-order valence-corrected chi connectivity index (χ0v) is 9.35. The van der Waals surface area contributed by atoms with E-state index in [4.69, 9.17) is 6.57 Å². The Balaban J connectivity index is 2.25. The number of hydrogen-bond acceptors (Lipinski definition) is 1. The fourth-order valence-corrected chi connectivity index (χ4v) is 3.55. The fraction of sp³-hybridized carbons (Fsp3) is 0.692. The van der Waals surface area contributed by atoms with Crippen LogP contribution in [0.1, 0.15) is 32.1 Å². The Kier molecular flexibility index (Phi) is 2.75. The Hall–Kier alpha value is -1.30. The summed E-state index contributed by atoms with van der Waals surface area (Å²) in [5.41, 5.74) is -0.332. The predicted octanol–water partition coefficient (Wildman–Crippen LogP) is 2.74. The molecule has 0 aromatic rings. The minimum Gasteiger partial charge on any atom is -0.475 e. The van der Waals surface area contributed by atoms with Gasteiger partial charge in [0.1, 0.15) is 0 Å². The molecule has 0 spiro atoms. The van der Waals surface area contributed by atoms with E-state index in [0.717, 1.165) is 12.8 Å². The second kappa shape index (κ2) is 3.93. The van der Waals surface area contributed by atoms with Crippen molar-refractivity contribution in [3.63, 3.8) is 0 Å². The maximum absolute atomic E-state index is 11.2. The van der Waals surface area contributed by atoms with Crippen LogP contribution in [0.5, 0.6) is 0 Å². The van der Waals surface area contributed by atoms with E-state index in [9.17, 15) is 9.90 Å². The SMILES string of the molecule is [C-]#[N+]C(C(=O)O)C1(CC=C)C[C@H]2CC[C@H]2C1. The van der Waals surface area contributed by atoms with E-state index in [1.54, 1.807) is 6.08 Å². The number of aliphatic carboxylic acids is 1. The van der Waals surface area contributed by atoms with Gasteiger partial charge in [-0.3, -0.25) is 0 Å². The van der Waals surface area contributed by atoms with Crippen molar-refractivity contribution < 1.29 is 9.90 Å². The average Bonchev–Trinajstić information content (AvgIpc) is 2.44. The largest absolute Gasteiger partial charge is 0.475 e. The third kappa shape index (κ3) is 1.53. The van der Waals surface area contributed by atoms with Gasteiger partial charge >= 0.3 is 12.0 Å². The molecular weight excluding hydrogens is 202 g/mol. The van der Waals surface area contributed by atoms with Crippen molar-refractivity contribution in [2.45, 2.75) is 38.1 Å². The van der Waals surface area contributed by atoms with Crippen LogP contribution in [0.4, 0.5) is 0 Å². The van der Waals surface area contributed by atoms with Crippen molar-refractivity contribution in [3.8, 4) is 0 Å². The van der Waals surface area contributed by atoms with Crippen LogP contribution in [0, 0.1) is 23.8 Å². The van der Waals surface area contributed by atoms with Gasteiger partial charge in [-0.15, -0.1) is 6.58 Å². The van der Waals surface area contributed by atoms with Gasteiger partial charge in [-0.05, 0) is 43.9 Å². The normalized spacial score (nSPS) is 37.9. The molecule has 0 amide bonds. The Morgan fingerprint density at radius 2 is 2.12 bits per heavy atom. The maximum Gasteiger partial charge on any atom is 0.388 e. The first-order valence-corrected chi connectivity index (χ1v) is 5.83. The molecule has 2 rings (SSSR count). The molecule has 0 aromatic heterocycles. The molecule has 2 aliphatic carbocycles. The van der Waals surface area contributed by atoms with E-state index in [0.29, 0.717) is 18.3 Å². The third-order valence-corrected chi connectivity index (χ3v) is 4.41. The summed E-state index contributed by atoms with van der Waals surface area (Å²) >= 11 is 0. The summed E-state index contributed by atoms with van der Waals surface area (Å²) in [5.74, 6) is 0.380. The van der Waals surface area contributed by atoms with Crippen LogP contribution >= 0.6 is 0 Å². The molecule has 0 radical (unpaired) electrons. The van der Waals surface area contributed by atoms with Gasteiger partial charge in [-0.1, -0.05) is 6.08 Å². The molecule has 2 fully saturated rings. The van der Waals surface area contributed by atoms with Crippen molar-refractivity contribution in [3.05, 3.63) is 24.1 Å². The summed E-state index contributed by atoms with van der Waals surface area (Å²) < 4.78 is 0. The summed E-state index contributed by atoms with van der Waals surface area (Å²) in [7, 11) is 0. The van der Waals surface area contributed by atoms with Gasteiger partial charge in [0, 0.05) is 0 Å². The number of rotatable bonds is 4. The highest BCUT2D eigenvalue weighted by Crippen LogP contribution is 2.58. The van der Waals surface area contributed by atoms with Crippen LogP contribution in [0.3, 0.4) is 0 Å². The lowest BCUT2D eigenvalue weighted by atomic mass is 9.75. The summed E-state index contributed by atoms with van der Waals surface area (Å²) in [6.07, 6.45) is 6.69. The maximum atomic E-state index is 11.2. The zero-order chi connectivity index (χ0) is 11.8. The molecule has 0 aliphatic heterocycles.